The molecule has 0 unspecified atom stereocenters. The van der Waals surface area contributed by atoms with E-state index >= 15 is 0 Å². The molecule has 0 spiro atoms. The Morgan fingerprint density at radius 3 is 2.78 bits per heavy atom. The maximum atomic E-state index is 4.38. The van der Waals surface area contributed by atoms with Gasteiger partial charge in [0.15, 0.2) is 0 Å². The van der Waals surface area contributed by atoms with E-state index in [-0.39, 0.29) is 0 Å². The Kier molecular flexibility index (Phi) is 3.00. The van der Waals surface area contributed by atoms with E-state index in [2.05, 4.69) is 32.3 Å². The topological polar surface area (TPSA) is 41.4 Å². The van der Waals surface area contributed by atoms with Crippen LogP contribution in [0, 0.1) is 0 Å². The summed E-state index contributed by atoms with van der Waals surface area (Å²) in [5.74, 6) is 1.04. The molecule has 1 aliphatic heterocycles. The quantitative estimate of drug-likeness (QED) is 0.857. The Balaban J connectivity index is 1.79. The van der Waals surface area contributed by atoms with Gasteiger partial charge in [-0.3, -0.25) is 4.99 Å². The first kappa shape index (κ1) is 10.9. The lowest BCUT2D eigenvalue weighted by Crippen LogP contribution is -2.26. The second kappa shape index (κ2) is 4.96. The monoisotopic (exact) mass is 240 g/mol. The van der Waals surface area contributed by atoms with Gasteiger partial charge in [-0.05, 0) is 24.3 Å². The molecule has 0 atom stereocenters. The van der Waals surface area contributed by atoms with E-state index in [4.69, 9.17) is 0 Å². The van der Waals surface area contributed by atoms with Crippen molar-refractivity contribution in [3.05, 3.63) is 48.8 Å². The van der Waals surface area contributed by atoms with E-state index in [0.29, 0.717) is 0 Å². The molecule has 1 aliphatic rings. The summed E-state index contributed by atoms with van der Waals surface area (Å²) in [6.07, 6.45) is 4.09. The highest BCUT2D eigenvalue weighted by atomic mass is 15.1. The summed E-state index contributed by atoms with van der Waals surface area (Å²) in [6.45, 7) is 2.59. The standard InChI is InChI=1S/C14H16N4/c1-2-6-13(18-9-3-4-10-18)12(5-1)17-11-14-15-7-8-16-14/h1-6,9-10,17H,7-8,11H2,(H,15,16). The number of rotatable bonds is 4. The lowest BCUT2D eigenvalue weighted by molar-refractivity contribution is 0.955. The van der Waals surface area contributed by atoms with Gasteiger partial charge in [0, 0.05) is 18.9 Å². The second-order valence-electron chi connectivity index (χ2n) is 4.22. The maximum Gasteiger partial charge on any atom is 0.116 e. The molecule has 0 saturated heterocycles. The highest BCUT2D eigenvalue weighted by molar-refractivity contribution is 5.88. The van der Waals surface area contributed by atoms with Gasteiger partial charge in [0.2, 0.25) is 0 Å². The molecule has 0 aliphatic carbocycles. The molecule has 0 fully saturated rings. The SMILES string of the molecule is c1ccc(-n2cccc2)c(NCC2=NCCN2)c1. The third-order valence-electron chi connectivity index (χ3n) is 2.98. The van der Waals surface area contributed by atoms with E-state index in [1.54, 1.807) is 0 Å². The zero-order valence-electron chi connectivity index (χ0n) is 10.1. The highest BCUT2D eigenvalue weighted by Crippen LogP contribution is 2.19. The van der Waals surface area contributed by atoms with Gasteiger partial charge in [-0.15, -0.1) is 0 Å². The molecular formula is C14H16N4. The number of para-hydroxylation sites is 2. The van der Waals surface area contributed by atoms with Crippen LogP contribution in [0.2, 0.25) is 0 Å². The first-order chi connectivity index (χ1) is 8.93. The van der Waals surface area contributed by atoms with Gasteiger partial charge in [0.1, 0.15) is 5.84 Å². The van der Waals surface area contributed by atoms with Crippen LogP contribution in [0.5, 0.6) is 0 Å². The van der Waals surface area contributed by atoms with E-state index < -0.39 is 0 Å². The first-order valence-corrected chi connectivity index (χ1v) is 6.17. The number of hydrogen-bond donors (Lipinski definition) is 2. The van der Waals surface area contributed by atoms with Crippen molar-refractivity contribution in [3.63, 3.8) is 0 Å². The van der Waals surface area contributed by atoms with Crippen molar-refractivity contribution < 1.29 is 0 Å². The fourth-order valence-electron chi connectivity index (χ4n) is 2.09. The Morgan fingerprint density at radius 1 is 1.17 bits per heavy atom. The molecule has 1 aromatic heterocycles. The minimum absolute atomic E-state index is 0.748. The molecule has 2 aromatic rings. The predicted octanol–water partition coefficient (Wildman–Crippen LogP) is 1.89. The van der Waals surface area contributed by atoms with E-state index in [0.717, 1.165) is 36.8 Å². The average Bonchev–Trinajstić information content (AvgIpc) is 3.10. The van der Waals surface area contributed by atoms with Gasteiger partial charge in [0.05, 0.1) is 24.5 Å². The van der Waals surface area contributed by atoms with Crippen LogP contribution in [0.3, 0.4) is 0 Å². The van der Waals surface area contributed by atoms with Crippen LogP contribution in [0.25, 0.3) is 5.69 Å². The molecule has 92 valence electrons. The summed E-state index contributed by atoms with van der Waals surface area (Å²) < 4.78 is 2.10. The van der Waals surface area contributed by atoms with Crippen molar-refractivity contribution in [3.8, 4) is 5.69 Å². The van der Waals surface area contributed by atoms with Crippen LogP contribution in [0.15, 0.2) is 53.8 Å². The summed E-state index contributed by atoms with van der Waals surface area (Å²) in [6, 6.07) is 12.3. The zero-order valence-corrected chi connectivity index (χ0v) is 10.1. The van der Waals surface area contributed by atoms with Crippen LogP contribution in [-0.4, -0.2) is 30.0 Å². The Labute approximate surface area is 106 Å². The van der Waals surface area contributed by atoms with E-state index in [1.165, 1.54) is 0 Å². The minimum atomic E-state index is 0.748. The van der Waals surface area contributed by atoms with Crippen LogP contribution < -0.4 is 10.6 Å². The molecule has 3 rings (SSSR count). The van der Waals surface area contributed by atoms with Crippen molar-refractivity contribution in [1.29, 1.82) is 0 Å². The van der Waals surface area contributed by atoms with E-state index in [1.807, 2.05) is 36.7 Å². The van der Waals surface area contributed by atoms with Gasteiger partial charge < -0.3 is 15.2 Å². The minimum Gasteiger partial charge on any atom is -0.376 e. The van der Waals surface area contributed by atoms with Gasteiger partial charge in [-0.1, -0.05) is 12.1 Å². The smallest absolute Gasteiger partial charge is 0.116 e. The van der Waals surface area contributed by atoms with Crippen LogP contribution in [0.4, 0.5) is 5.69 Å². The molecule has 2 heterocycles. The molecule has 18 heavy (non-hydrogen) atoms. The molecule has 0 radical (unpaired) electrons. The largest absolute Gasteiger partial charge is 0.376 e. The van der Waals surface area contributed by atoms with Gasteiger partial charge in [0.25, 0.3) is 0 Å². The predicted molar refractivity (Wildman–Crippen MR) is 74.6 cm³/mol. The fraction of sp³-hybridized carbons (Fsp3) is 0.214. The van der Waals surface area contributed by atoms with Gasteiger partial charge in [-0.2, -0.15) is 0 Å². The van der Waals surface area contributed by atoms with Crippen LogP contribution >= 0.6 is 0 Å². The summed E-state index contributed by atoms with van der Waals surface area (Å²) in [7, 11) is 0. The number of aliphatic imine (C=N–C) groups is 1. The molecule has 0 amide bonds. The van der Waals surface area contributed by atoms with Crippen molar-refractivity contribution in [1.82, 2.24) is 9.88 Å². The number of aromatic nitrogens is 1. The fourth-order valence-corrected chi connectivity index (χ4v) is 2.09. The summed E-state index contributed by atoms with van der Waals surface area (Å²) >= 11 is 0. The normalized spacial score (nSPS) is 14.1. The van der Waals surface area contributed by atoms with Crippen molar-refractivity contribution in [2.24, 2.45) is 4.99 Å². The lowest BCUT2D eigenvalue weighted by Gasteiger charge is -2.13. The maximum absolute atomic E-state index is 4.38. The van der Waals surface area contributed by atoms with E-state index in [9.17, 15) is 0 Å². The van der Waals surface area contributed by atoms with Gasteiger partial charge >= 0.3 is 0 Å². The number of nitrogens with zero attached hydrogens (tertiary/aromatic N) is 2. The summed E-state index contributed by atoms with van der Waals surface area (Å²) in [5, 5.41) is 6.69. The zero-order chi connectivity index (χ0) is 12.2. The Morgan fingerprint density at radius 2 is 2.00 bits per heavy atom. The number of amidine groups is 1. The molecule has 2 N–H and O–H groups in total. The average molecular weight is 240 g/mol. The van der Waals surface area contributed by atoms with Crippen LogP contribution in [0.1, 0.15) is 0 Å². The third kappa shape index (κ3) is 2.22. The third-order valence-corrected chi connectivity index (χ3v) is 2.98. The van der Waals surface area contributed by atoms with Gasteiger partial charge in [-0.25, -0.2) is 0 Å². The van der Waals surface area contributed by atoms with Crippen molar-refractivity contribution in [2.45, 2.75) is 0 Å². The number of hydrogen-bond acceptors (Lipinski definition) is 3. The lowest BCUT2D eigenvalue weighted by atomic mass is 10.2. The van der Waals surface area contributed by atoms with Crippen molar-refractivity contribution >= 4 is 11.5 Å². The molecular weight excluding hydrogens is 224 g/mol. The molecule has 0 saturated carbocycles. The Bertz CT molecular complexity index is 543. The number of anilines is 1. The first-order valence-electron chi connectivity index (χ1n) is 6.17. The Hall–Kier alpha value is -2.23. The second-order valence-corrected chi connectivity index (χ2v) is 4.22. The molecule has 4 nitrogen and oxygen atoms in total. The summed E-state index contributed by atoms with van der Waals surface area (Å²) in [4.78, 5) is 4.38. The molecule has 4 heteroatoms. The van der Waals surface area contributed by atoms with Crippen LogP contribution in [-0.2, 0) is 0 Å². The number of benzene rings is 1. The molecule has 0 bridgehead atoms. The summed E-state index contributed by atoms with van der Waals surface area (Å²) in [5.41, 5.74) is 2.27. The number of nitrogens with one attached hydrogen (secondary N) is 2. The molecule has 1 aromatic carbocycles. The van der Waals surface area contributed by atoms with Crippen molar-refractivity contribution in [2.75, 3.05) is 25.0 Å². The highest BCUT2D eigenvalue weighted by Gasteiger charge is 2.06.